The highest BCUT2D eigenvalue weighted by Gasteiger charge is 2.58. The number of carbonyl (C=O) groups excluding carboxylic acids is 1. The molecule has 0 radical (unpaired) electrons. The number of fused-ring (bicyclic) bond motifs is 5. The first-order valence-electron chi connectivity index (χ1n) is 13.6. The predicted molar refractivity (Wildman–Crippen MR) is 125 cm³/mol. The van der Waals surface area contributed by atoms with E-state index >= 15 is 0 Å². The molecule has 5 fully saturated rings. The first-order valence-corrected chi connectivity index (χ1v) is 13.6. The van der Waals surface area contributed by atoms with E-state index in [2.05, 4.69) is 12.0 Å². The van der Waals surface area contributed by atoms with Crippen LogP contribution in [0.2, 0.25) is 0 Å². The van der Waals surface area contributed by atoms with Gasteiger partial charge in [0.05, 0.1) is 12.1 Å². The maximum Gasteiger partial charge on any atom is 0.346 e. The van der Waals surface area contributed by atoms with Crippen molar-refractivity contribution in [3.8, 4) is 0 Å². The summed E-state index contributed by atoms with van der Waals surface area (Å²) in [4.78, 5) is 26.2. The summed E-state index contributed by atoms with van der Waals surface area (Å²) in [5, 5.41) is 14.9. The fourth-order valence-electron chi connectivity index (χ4n) is 9.04. The lowest BCUT2D eigenvalue weighted by molar-refractivity contribution is -0.133. The summed E-state index contributed by atoms with van der Waals surface area (Å²) < 4.78 is 3.10. The quantitative estimate of drug-likeness (QED) is 0.727. The van der Waals surface area contributed by atoms with Gasteiger partial charge in [-0.05, 0) is 118 Å². The van der Waals surface area contributed by atoms with Crippen molar-refractivity contribution in [3.63, 3.8) is 0 Å². The van der Waals surface area contributed by atoms with Gasteiger partial charge in [-0.15, -0.1) is 0 Å². The molecule has 5 aliphatic rings. The minimum Gasteiger partial charge on any atom is -0.390 e. The minimum absolute atomic E-state index is 0.0759. The van der Waals surface area contributed by atoms with Crippen LogP contribution in [0.1, 0.15) is 84.5 Å². The molecule has 1 aromatic heterocycles. The van der Waals surface area contributed by atoms with Crippen molar-refractivity contribution in [2.24, 2.45) is 46.8 Å². The van der Waals surface area contributed by atoms with Crippen molar-refractivity contribution in [2.75, 3.05) is 0 Å². The third-order valence-electron chi connectivity index (χ3n) is 10.9. The van der Waals surface area contributed by atoms with E-state index in [1.165, 1.54) is 44.9 Å². The van der Waals surface area contributed by atoms with Crippen LogP contribution < -0.4 is 5.69 Å². The molecular weight excluding hydrogens is 414 g/mol. The van der Waals surface area contributed by atoms with Gasteiger partial charge < -0.3 is 5.11 Å². The second kappa shape index (κ2) is 7.79. The van der Waals surface area contributed by atoms with Crippen LogP contribution in [0.4, 0.5) is 0 Å². The van der Waals surface area contributed by atoms with Crippen molar-refractivity contribution in [1.82, 2.24) is 14.3 Å². The third kappa shape index (κ3) is 3.75. The summed E-state index contributed by atoms with van der Waals surface area (Å²) in [6.45, 7) is 5.30. The van der Waals surface area contributed by atoms with E-state index in [0.29, 0.717) is 24.3 Å². The SMILES string of the molecule is C[C@@]1(O)CC[C@H]2[C@H](CC[C@@H]3[C@@H]2CC[C@]2(C)[C@@H](C(=O)Cn4cnn(CC5CC5)c4=O)CC[C@@H]32)C1. The molecule has 1 aromatic rings. The van der Waals surface area contributed by atoms with E-state index in [4.69, 9.17) is 0 Å². The fourth-order valence-corrected chi connectivity index (χ4v) is 9.04. The Morgan fingerprint density at radius 2 is 1.82 bits per heavy atom. The van der Waals surface area contributed by atoms with Gasteiger partial charge in [0.25, 0.3) is 0 Å². The number of ketones is 1. The Morgan fingerprint density at radius 1 is 1.03 bits per heavy atom. The highest BCUT2D eigenvalue weighted by atomic mass is 16.3. The molecule has 0 aromatic carbocycles. The van der Waals surface area contributed by atoms with Crippen molar-refractivity contribution in [1.29, 1.82) is 0 Å². The first-order chi connectivity index (χ1) is 15.7. The molecule has 8 atom stereocenters. The lowest BCUT2D eigenvalue weighted by atomic mass is 9.49. The molecule has 6 rings (SSSR count). The molecule has 182 valence electrons. The monoisotopic (exact) mass is 455 g/mol. The Labute approximate surface area is 197 Å². The number of nitrogens with zero attached hydrogens (tertiary/aromatic N) is 3. The van der Waals surface area contributed by atoms with Gasteiger partial charge in [0.2, 0.25) is 0 Å². The summed E-state index contributed by atoms with van der Waals surface area (Å²) in [6.07, 6.45) is 14.1. The average Bonchev–Trinajstić information content (AvgIpc) is 3.43. The second-order valence-corrected chi connectivity index (χ2v) is 13.0. The van der Waals surface area contributed by atoms with Crippen LogP contribution in [-0.2, 0) is 17.9 Å². The van der Waals surface area contributed by atoms with Gasteiger partial charge in [0.1, 0.15) is 6.33 Å². The molecule has 0 spiro atoms. The normalized spacial score (nSPS) is 44.7. The van der Waals surface area contributed by atoms with Crippen LogP contribution in [0, 0.1) is 46.8 Å². The van der Waals surface area contributed by atoms with Crippen molar-refractivity contribution in [3.05, 3.63) is 16.8 Å². The standard InChI is InChI=1S/C27H41N3O3/c1-26(33)11-9-19-18(13-26)5-6-21-20(19)10-12-27(2)22(21)7-8-23(27)24(31)15-29-16-28-30(25(29)32)14-17-3-4-17/h16-23,33H,3-15H2,1-2H3/t18-,19+,20-,21-,22+,23-,26-,27+/m1/s1. The summed E-state index contributed by atoms with van der Waals surface area (Å²) in [5.41, 5.74) is -0.504. The van der Waals surface area contributed by atoms with Crippen LogP contribution in [-0.4, -0.2) is 30.8 Å². The molecule has 0 unspecified atom stereocenters. The molecule has 1 N–H and O–H groups in total. The van der Waals surface area contributed by atoms with Gasteiger partial charge >= 0.3 is 5.69 Å². The number of hydrogen-bond donors (Lipinski definition) is 1. The fraction of sp³-hybridized carbons (Fsp3) is 0.889. The van der Waals surface area contributed by atoms with E-state index < -0.39 is 5.60 Å². The van der Waals surface area contributed by atoms with Crippen molar-refractivity contribution < 1.29 is 9.90 Å². The molecule has 0 saturated heterocycles. The Hall–Kier alpha value is -1.43. The molecule has 5 saturated carbocycles. The Morgan fingerprint density at radius 3 is 2.61 bits per heavy atom. The maximum absolute atomic E-state index is 13.5. The zero-order valence-corrected chi connectivity index (χ0v) is 20.4. The smallest absolute Gasteiger partial charge is 0.346 e. The Balaban J connectivity index is 1.15. The second-order valence-electron chi connectivity index (χ2n) is 13.0. The van der Waals surface area contributed by atoms with Gasteiger partial charge in [-0.1, -0.05) is 6.92 Å². The molecule has 5 aliphatic carbocycles. The van der Waals surface area contributed by atoms with Crippen molar-refractivity contribution >= 4 is 5.78 Å². The number of carbonyl (C=O) groups is 1. The van der Waals surface area contributed by atoms with E-state index in [-0.39, 0.29) is 29.4 Å². The first kappa shape index (κ1) is 22.1. The van der Waals surface area contributed by atoms with Gasteiger partial charge in [-0.25, -0.2) is 9.48 Å². The van der Waals surface area contributed by atoms with Gasteiger partial charge in [-0.2, -0.15) is 5.10 Å². The van der Waals surface area contributed by atoms with Crippen LogP contribution in [0.15, 0.2) is 11.1 Å². The summed E-state index contributed by atoms with van der Waals surface area (Å²) in [5.74, 6) is 4.56. The van der Waals surface area contributed by atoms with E-state index in [0.717, 1.165) is 43.4 Å². The number of Topliss-reactive ketones (excluding diaryl/α,β-unsaturated/α-hetero) is 1. The Kier molecular flexibility index (Phi) is 5.21. The molecular formula is C27H41N3O3. The number of aromatic nitrogens is 3. The van der Waals surface area contributed by atoms with E-state index in [1.807, 2.05) is 6.92 Å². The summed E-state index contributed by atoms with van der Waals surface area (Å²) >= 11 is 0. The van der Waals surface area contributed by atoms with Gasteiger partial charge in [0, 0.05) is 12.5 Å². The van der Waals surface area contributed by atoms with Crippen molar-refractivity contribution in [2.45, 2.75) is 103 Å². The molecule has 0 amide bonds. The minimum atomic E-state index is -0.466. The summed E-state index contributed by atoms with van der Waals surface area (Å²) in [7, 11) is 0. The number of hydrogen-bond acceptors (Lipinski definition) is 4. The average molecular weight is 456 g/mol. The zero-order valence-electron chi connectivity index (χ0n) is 20.4. The highest BCUT2D eigenvalue weighted by Crippen LogP contribution is 2.64. The summed E-state index contributed by atoms with van der Waals surface area (Å²) in [6, 6.07) is 0. The van der Waals surface area contributed by atoms with Crippen LogP contribution >= 0.6 is 0 Å². The van der Waals surface area contributed by atoms with Gasteiger partial charge in [-0.3, -0.25) is 9.36 Å². The third-order valence-corrected chi connectivity index (χ3v) is 10.9. The van der Waals surface area contributed by atoms with E-state index in [1.54, 1.807) is 15.6 Å². The molecule has 6 nitrogen and oxygen atoms in total. The number of rotatable bonds is 5. The highest BCUT2D eigenvalue weighted by molar-refractivity contribution is 5.82. The zero-order chi connectivity index (χ0) is 23.0. The molecule has 0 aliphatic heterocycles. The Bertz CT molecular complexity index is 976. The van der Waals surface area contributed by atoms with Crippen LogP contribution in [0.3, 0.4) is 0 Å². The number of aliphatic hydroxyl groups is 1. The maximum atomic E-state index is 13.5. The topological polar surface area (TPSA) is 77.1 Å². The van der Waals surface area contributed by atoms with E-state index in [9.17, 15) is 14.7 Å². The molecule has 1 heterocycles. The van der Waals surface area contributed by atoms with Gasteiger partial charge in [0.15, 0.2) is 5.78 Å². The van der Waals surface area contributed by atoms with Crippen LogP contribution in [0.25, 0.3) is 0 Å². The lowest BCUT2D eigenvalue weighted by Gasteiger charge is -2.56. The largest absolute Gasteiger partial charge is 0.390 e. The predicted octanol–water partition coefficient (Wildman–Crippen LogP) is 4.04. The molecule has 6 heteroatoms. The lowest BCUT2D eigenvalue weighted by Crippen LogP contribution is -2.51. The van der Waals surface area contributed by atoms with Crippen LogP contribution in [0.5, 0.6) is 0 Å². The molecule has 0 bridgehead atoms. The molecule has 33 heavy (non-hydrogen) atoms.